The van der Waals surface area contributed by atoms with Crippen molar-refractivity contribution in [3.05, 3.63) is 35.4 Å². The number of morpholine rings is 1. The van der Waals surface area contributed by atoms with Crippen LogP contribution in [0.15, 0.2) is 29.3 Å². The number of nitrogens with zero attached hydrogens (tertiary/aromatic N) is 2. The van der Waals surface area contributed by atoms with Crippen molar-refractivity contribution < 1.29 is 14.3 Å². The molecule has 8 nitrogen and oxygen atoms in total. The van der Waals surface area contributed by atoms with Crippen LogP contribution in [0.3, 0.4) is 0 Å². The van der Waals surface area contributed by atoms with Crippen LogP contribution in [0.25, 0.3) is 0 Å². The number of rotatable bonds is 7. The Bertz CT molecular complexity index is 679. The van der Waals surface area contributed by atoms with Gasteiger partial charge in [0.1, 0.15) is 5.60 Å². The summed E-state index contributed by atoms with van der Waals surface area (Å²) in [7, 11) is 1.74. The summed E-state index contributed by atoms with van der Waals surface area (Å²) in [5.74, 6) is 0.700. The molecule has 30 heavy (non-hydrogen) atoms. The number of aryl methyl sites for hydroxylation is 1. The summed E-state index contributed by atoms with van der Waals surface area (Å²) < 4.78 is 10.8. The number of guanidine groups is 1. The average molecular weight is 420 g/mol. The molecular weight excluding hydrogens is 382 g/mol. The second kappa shape index (κ2) is 11.8. The molecule has 1 aliphatic rings. The Morgan fingerprint density at radius 3 is 2.37 bits per heavy atom. The molecule has 1 atom stereocenters. The van der Waals surface area contributed by atoms with Gasteiger partial charge in [-0.2, -0.15) is 0 Å². The van der Waals surface area contributed by atoms with Gasteiger partial charge in [-0.3, -0.25) is 9.89 Å². The van der Waals surface area contributed by atoms with E-state index in [0.29, 0.717) is 19.0 Å². The highest BCUT2D eigenvalue weighted by Gasteiger charge is 2.23. The lowest BCUT2D eigenvalue weighted by Crippen LogP contribution is -2.47. The van der Waals surface area contributed by atoms with E-state index in [2.05, 4.69) is 57.0 Å². The first kappa shape index (κ1) is 24.0. The van der Waals surface area contributed by atoms with Gasteiger partial charge in [0.05, 0.1) is 19.3 Å². The summed E-state index contributed by atoms with van der Waals surface area (Å²) in [6, 6.07) is 8.92. The molecule has 1 fully saturated rings. The number of nitrogens with one attached hydrogen (secondary N) is 3. The molecule has 1 unspecified atom stereocenters. The fourth-order valence-electron chi connectivity index (χ4n) is 3.21. The molecule has 0 saturated carbocycles. The van der Waals surface area contributed by atoms with E-state index < -0.39 is 11.7 Å². The number of aliphatic imine (C=N–C) groups is 1. The van der Waals surface area contributed by atoms with E-state index in [1.807, 2.05) is 20.8 Å². The molecule has 0 spiro atoms. The molecule has 1 aliphatic heterocycles. The smallest absolute Gasteiger partial charge is 0.407 e. The normalized spacial score (nSPS) is 16.6. The number of benzene rings is 1. The van der Waals surface area contributed by atoms with Crippen LogP contribution < -0.4 is 16.0 Å². The van der Waals surface area contributed by atoms with Crippen LogP contribution >= 0.6 is 0 Å². The summed E-state index contributed by atoms with van der Waals surface area (Å²) in [4.78, 5) is 18.5. The highest BCUT2D eigenvalue weighted by Crippen LogP contribution is 2.21. The lowest BCUT2D eigenvalue weighted by Gasteiger charge is -2.35. The zero-order chi connectivity index (χ0) is 22.0. The van der Waals surface area contributed by atoms with Crippen LogP contribution in [0.1, 0.15) is 37.9 Å². The number of hydrogen-bond acceptors (Lipinski definition) is 5. The van der Waals surface area contributed by atoms with E-state index in [4.69, 9.17) is 9.47 Å². The average Bonchev–Trinajstić information content (AvgIpc) is 2.70. The Balaban J connectivity index is 1.85. The van der Waals surface area contributed by atoms with Crippen molar-refractivity contribution in [3.8, 4) is 0 Å². The van der Waals surface area contributed by atoms with Crippen molar-refractivity contribution in [1.82, 2.24) is 20.9 Å². The molecule has 2 rings (SSSR count). The Hall–Kier alpha value is -2.32. The first-order valence-corrected chi connectivity index (χ1v) is 10.6. The molecule has 8 heteroatoms. The lowest BCUT2D eigenvalue weighted by molar-refractivity contribution is 0.0170. The van der Waals surface area contributed by atoms with E-state index in [0.717, 1.165) is 32.8 Å². The quantitative estimate of drug-likeness (QED) is 0.356. The zero-order valence-corrected chi connectivity index (χ0v) is 19.0. The summed E-state index contributed by atoms with van der Waals surface area (Å²) in [6.45, 7) is 12.7. The van der Waals surface area contributed by atoms with Gasteiger partial charge in [0.15, 0.2) is 5.96 Å². The van der Waals surface area contributed by atoms with Crippen molar-refractivity contribution in [3.63, 3.8) is 0 Å². The summed E-state index contributed by atoms with van der Waals surface area (Å²) >= 11 is 0. The molecule has 1 aromatic rings. The maximum absolute atomic E-state index is 11.7. The predicted molar refractivity (Wildman–Crippen MR) is 120 cm³/mol. The third-order valence-electron chi connectivity index (χ3n) is 4.72. The monoisotopic (exact) mass is 419 g/mol. The topological polar surface area (TPSA) is 87.2 Å². The van der Waals surface area contributed by atoms with Gasteiger partial charge in [0, 0.05) is 39.8 Å². The van der Waals surface area contributed by atoms with E-state index in [-0.39, 0.29) is 6.04 Å². The largest absolute Gasteiger partial charge is 0.444 e. The molecule has 0 bridgehead atoms. The van der Waals surface area contributed by atoms with E-state index >= 15 is 0 Å². The minimum atomic E-state index is -0.500. The Labute approximate surface area is 180 Å². The molecule has 168 valence electrons. The maximum Gasteiger partial charge on any atom is 0.407 e. The van der Waals surface area contributed by atoms with Gasteiger partial charge in [-0.25, -0.2) is 4.79 Å². The van der Waals surface area contributed by atoms with Crippen LogP contribution in [-0.4, -0.2) is 75.5 Å². The first-order chi connectivity index (χ1) is 14.3. The van der Waals surface area contributed by atoms with Gasteiger partial charge in [-0.05, 0) is 33.3 Å². The first-order valence-electron chi connectivity index (χ1n) is 10.6. The van der Waals surface area contributed by atoms with Crippen LogP contribution in [-0.2, 0) is 9.47 Å². The maximum atomic E-state index is 11.7. The fraction of sp³-hybridized carbons (Fsp3) is 0.636. The molecule has 3 N–H and O–H groups in total. The van der Waals surface area contributed by atoms with Crippen LogP contribution in [0.5, 0.6) is 0 Å². The number of carbonyl (C=O) groups is 1. The number of amides is 1. The minimum absolute atomic E-state index is 0.230. The second-order valence-corrected chi connectivity index (χ2v) is 8.38. The van der Waals surface area contributed by atoms with Crippen LogP contribution in [0, 0.1) is 6.92 Å². The molecule has 1 saturated heterocycles. The Morgan fingerprint density at radius 2 is 1.77 bits per heavy atom. The van der Waals surface area contributed by atoms with Gasteiger partial charge in [-0.1, -0.05) is 29.8 Å². The molecular formula is C22H37N5O3. The summed E-state index contributed by atoms with van der Waals surface area (Å²) in [5, 5.41) is 9.39. The molecule has 0 radical (unpaired) electrons. The highest BCUT2D eigenvalue weighted by molar-refractivity contribution is 5.79. The van der Waals surface area contributed by atoms with Crippen molar-refractivity contribution in [2.75, 3.05) is 53.0 Å². The van der Waals surface area contributed by atoms with Gasteiger partial charge in [0.25, 0.3) is 0 Å². The van der Waals surface area contributed by atoms with Crippen LogP contribution in [0.2, 0.25) is 0 Å². The van der Waals surface area contributed by atoms with Gasteiger partial charge in [-0.15, -0.1) is 0 Å². The summed E-state index contributed by atoms with van der Waals surface area (Å²) in [5.41, 5.74) is 2.03. The molecule has 0 aliphatic carbocycles. The third kappa shape index (κ3) is 8.59. The van der Waals surface area contributed by atoms with Crippen molar-refractivity contribution in [2.45, 2.75) is 39.3 Å². The Morgan fingerprint density at radius 1 is 1.13 bits per heavy atom. The molecule has 1 amide bonds. The van der Waals surface area contributed by atoms with Gasteiger partial charge in [0.2, 0.25) is 0 Å². The van der Waals surface area contributed by atoms with Gasteiger partial charge >= 0.3 is 6.09 Å². The van der Waals surface area contributed by atoms with E-state index in [1.165, 1.54) is 11.1 Å². The van der Waals surface area contributed by atoms with E-state index in [9.17, 15) is 4.79 Å². The number of carbonyl (C=O) groups excluding carboxylic acids is 1. The molecule has 0 aromatic heterocycles. The third-order valence-corrected chi connectivity index (χ3v) is 4.72. The number of ether oxygens (including phenoxy) is 2. The predicted octanol–water partition coefficient (Wildman–Crippen LogP) is 2.06. The van der Waals surface area contributed by atoms with E-state index in [1.54, 1.807) is 7.05 Å². The Kier molecular flexibility index (Phi) is 9.39. The standard InChI is InChI=1S/C22H37N5O3/c1-17-6-8-18(9-7-17)19(27-12-14-29-15-13-27)16-26-20(23-5)24-10-11-25-21(28)30-22(2,3)4/h6-9,19H,10-16H2,1-5H3,(H,25,28)(H2,23,24,26). The number of hydrogen-bond donors (Lipinski definition) is 3. The highest BCUT2D eigenvalue weighted by atomic mass is 16.6. The summed E-state index contributed by atoms with van der Waals surface area (Å²) in [6.07, 6.45) is -0.418. The van der Waals surface area contributed by atoms with Crippen molar-refractivity contribution >= 4 is 12.1 Å². The van der Waals surface area contributed by atoms with Crippen molar-refractivity contribution in [1.29, 1.82) is 0 Å². The lowest BCUT2D eigenvalue weighted by atomic mass is 10.0. The van der Waals surface area contributed by atoms with Gasteiger partial charge < -0.3 is 25.4 Å². The SMILES string of the molecule is CN=C(NCCNC(=O)OC(C)(C)C)NCC(c1ccc(C)cc1)N1CCOCC1. The van der Waals surface area contributed by atoms with Crippen molar-refractivity contribution in [2.24, 2.45) is 4.99 Å². The second-order valence-electron chi connectivity index (χ2n) is 8.38. The fourth-order valence-corrected chi connectivity index (χ4v) is 3.21. The molecule has 1 heterocycles. The van der Waals surface area contributed by atoms with Crippen LogP contribution in [0.4, 0.5) is 4.79 Å². The number of alkyl carbamates (subject to hydrolysis) is 1. The molecule has 1 aromatic carbocycles. The zero-order valence-electron chi connectivity index (χ0n) is 19.0. The minimum Gasteiger partial charge on any atom is -0.444 e.